The summed E-state index contributed by atoms with van der Waals surface area (Å²) in [6.07, 6.45) is 0. The Morgan fingerprint density at radius 2 is 2.00 bits per heavy atom. The van der Waals surface area contributed by atoms with Crippen molar-refractivity contribution in [2.45, 2.75) is 13.1 Å². The third-order valence-electron chi connectivity index (χ3n) is 3.00. The van der Waals surface area contributed by atoms with Crippen LogP contribution in [0.4, 0.5) is 11.8 Å². The number of nitrogens with one attached hydrogen (secondary N) is 1. The Bertz CT molecular complexity index is 402. The zero-order valence-corrected chi connectivity index (χ0v) is 9.07. The first-order valence-corrected chi connectivity index (χ1v) is 5.53. The predicted molar refractivity (Wildman–Crippen MR) is 60.0 cm³/mol. The number of nitrogen functional groups attached to an aromatic ring is 1. The first kappa shape index (κ1) is 9.80. The van der Waals surface area contributed by atoms with Gasteiger partial charge in [0, 0.05) is 31.7 Å². The number of rotatable bonds is 1. The predicted octanol–water partition coefficient (Wildman–Crippen LogP) is -0.501. The lowest BCUT2D eigenvalue weighted by atomic mass is 10.2. The molecule has 16 heavy (non-hydrogen) atoms. The lowest BCUT2D eigenvalue weighted by molar-refractivity contribution is 0.122. The van der Waals surface area contributed by atoms with Gasteiger partial charge in [-0.1, -0.05) is 0 Å². The third-order valence-corrected chi connectivity index (χ3v) is 3.00. The van der Waals surface area contributed by atoms with Gasteiger partial charge >= 0.3 is 0 Å². The second-order valence-electron chi connectivity index (χ2n) is 4.04. The lowest BCUT2D eigenvalue weighted by Crippen LogP contribution is -2.37. The molecule has 1 aromatic heterocycles. The molecule has 3 N–H and O–H groups in total. The molecule has 1 fully saturated rings. The van der Waals surface area contributed by atoms with Gasteiger partial charge in [-0.05, 0) is 0 Å². The van der Waals surface area contributed by atoms with Gasteiger partial charge in [0.15, 0.2) is 0 Å². The summed E-state index contributed by atoms with van der Waals surface area (Å²) in [4.78, 5) is 11.0. The van der Waals surface area contributed by atoms with Crippen LogP contribution in [0.25, 0.3) is 0 Å². The zero-order chi connectivity index (χ0) is 11.0. The zero-order valence-electron chi connectivity index (χ0n) is 9.07. The van der Waals surface area contributed by atoms with Crippen LogP contribution in [0.5, 0.6) is 0 Å². The summed E-state index contributed by atoms with van der Waals surface area (Å²) in [5, 5.41) is 3.23. The van der Waals surface area contributed by atoms with E-state index in [1.165, 1.54) is 0 Å². The minimum absolute atomic E-state index is 0.608. The molecule has 0 bridgehead atoms. The van der Waals surface area contributed by atoms with Crippen molar-refractivity contribution in [1.82, 2.24) is 15.3 Å². The Kier molecular flexibility index (Phi) is 2.37. The maximum absolute atomic E-state index is 5.93. The van der Waals surface area contributed by atoms with Crippen LogP contribution in [0.2, 0.25) is 0 Å². The Labute approximate surface area is 93.8 Å². The molecule has 86 valence electrons. The van der Waals surface area contributed by atoms with Crippen LogP contribution < -0.4 is 16.0 Å². The molecule has 1 aromatic rings. The Morgan fingerprint density at radius 1 is 1.19 bits per heavy atom. The van der Waals surface area contributed by atoms with E-state index in [0.29, 0.717) is 5.82 Å². The molecule has 3 heterocycles. The summed E-state index contributed by atoms with van der Waals surface area (Å²) in [5.41, 5.74) is 8.02. The van der Waals surface area contributed by atoms with Crippen molar-refractivity contribution in [3.63, 3.8) is 0 Å². The molecule has 0 aromatic carbocycles. The molecule has 0 amide bonds. The molecule has 0 spiro atoms. The van der Waals surface area contributed by atoms with Crippen LogP contribution in [0.15, 0.2) is 0 Å². The lowest BCUT2D eigenvalue weighted by Gasteiger charge is -2.27. The minimum Gasteiger partial charge on any atom is -0.383 e. The van der Waals surface area contributed by atoms with Gasteiger partial charge in [-0.15, -0.1) is 0 Å². The van der Waals surface area contributed by atoms with Crippen LogP contribution in [0, 0.1) is 0 Å². The molecule has 0 atom stereocenters. The van der Waals surface area contributed by atoms with E-state index in [1.54, 1.807) is 0 Å². The van der Waals surface area contributed by atoms with Gasteiger partial charge in [-0.3, -0.25) is 0 Å². The second-order valence-corrected chi connectivity index (χ2v) is 4.04. The average Bonchev–Trinajstić information content (AvgIpc) is 2.79. The molecular weight excluding hydrogens is 206 g/mol. The van der Waals surface area contributed by atoms with Gasteiger partial charge in [0.25, 0.3) is 0 Å². The summed E-state index contributed by atoms with van der Waals surface area (Å²) in [6, 6.07) is 0. The van der Waals surface area contributed by atoms with E-state index in [2.05, 4.69) is 20.2 Å². The largest absolute Gasteiger partial charge is 0.383 e. The van der Waals surface area contributed by atoms with E-state index in [0.717, 1.165) is 56.6 Å². The first-order chi connectivity index (χ1) is 7.84. The van der Waals surface area contributed by atoms with Crippen LogP contribution in [0.3, 0.4) is 0 Å². The fourth-order valence-corrected chi connectivity index (χ4v) is 2.09. The number of nitrogens with zero attached hydrogens (tertiary/aromatic N) is 3. The van der Waals surface area contributed by atoms with Crippen molar-refractivity contribution in [3.8, 4) is 0 Å². The third kappa shape index (κ3) is 1.60. The van der Waals surface area contributed by atoms with Crippen LogP contribution in [-0.2, 0) is 17.8 Å². The second kappa shape index (κ2) is 3.88. The Balaban J connectivity index is 1.92. The van der Waals surface area contributed by atoms with E-state index in [4.69, 9.17) is 10.5 Å². The SMILES string of the molecule is Nc1nc(N2CCOCC2)nc2c1CNC2. The molecular formula is C10H15N5O. The molecule has 2 aliphatic rings. The molecule has 1 saturated heterocycles. The standard InChI is InChI=1S/C10H15N5O/c11-9-7-5-12-6-8(7)13-10(14-9)15-1-3-16-4-2-15/h12H,1-6H2,(H2,11,13,14). The highest BCUT2D eigenvalue weighted by molar-refractivity contribution is 5.49. The van der Waals surface area contributed by atoms with Crippen LogP contribution >= 0.6 is 0 Å². The number of nitrogens with two attached hydrogens (primary N) is 1. The quantitative estimate of drug-likeness (QED) is 0.665. The van der Waals surface area contributed by atoms with Gasteiger partial charge < -0.3 is 20.7 Å². The summed E-state index contributed by atoms with van der Waals surface area (Å²) in [5.74, 6) is 1.35. The van der Waals surface area contributed by atoms with E-state index >= 15 is 0 Å². The summed E-state index contributed by atoms with van der Waals surface area (Å²) in [7, 11) is 0. The number of hydrogen-bond acceptors (Lipinski definition) is 6. The fourth-order valence-electron chi connectivity index (χ4n) is 2.09. The van der Waals surface area contributed by atoms with E-state index < -0.39 is 0 Å². The molecule has 6 heteroatoms. The number of morpholine rings is 1. The highest BCUT2D eigenvalue weighted by atomic mass is 16.5. The maximum Gasteiger partial charge on any atom is 0.227 e. The van der Waals surface area contributed by atoms with Gasteiger partial charge in [0.05, 0.1) is 18.9 Å². The monoisotopic (exact) mass is 221 g/mol. The van der Waals surface area contributed by atoms with Gasteiger partial charge in [0.1, 0.15) is 5.82 Å². The number of ether oxygens (including phenoxy) is 1. The maximum atomic E-state index is 5.93. The molecule has 6 nitrogen and oxygen atoms in total. The highest BCUT2D eigenvalue weighted by Crippen LogP contribution is 2.22. The van der Waals surface area contributed by atoms with E-state index in [9.17, 15) is 0 Å². The van der Waals surface area contributed by atoms with Crippen molar-refractivity contribution in [1.29, 1.82) is 0 Å². The molecule has 0 saturated carbocycles. The van der Waals surface area contributed by atoms with Crippen molar-refractivity contribution < 1.29 is 4.74 Å². The van der Waals surface area contributed by atoms with Crippen molar-refractivity contribution in [2.75, 3.05) is 36.9 Å². The minimum atomic E-state index is 0.608. The molecule has 2 aliphatic heterocycles. The first-order valence-electron chi connectivity index (χ1n) is 5.53. The Morgan fingerprint density at radius 3 is 2.81 bits per heavy atom. The van der Waals surface area contributed by atoms with Crippen LogP contribution in [0.1, 0.15) is 11.3 Å². The smallest absolute Gasteiger partial charge is 0.227 e. The highest BCUT2D eigenvalue weighted by Gasteiger charge is 2.20. The number of hydrogen-bond donors (Lipinski definition) is 2. The molecule has 3 rings (SSSR count). The number of aromatic nitrogens is 2. The number of fused-ring (bicyclic) bond motifs is 1. The topological polar surface area (TPSA) is 76.3 Å². The van der Waals surface area contributed by atoms with Crippen molar-refractivity contribution >= 4 is 11.8 Å². The molecule has 0 aliphatic carbocycles. The number of anilines is 2. The normalized spacial score (nSPS) is 19.9. The van der Waals surface area contributed by atoms with E-state index in [1.807, 2.05) is 0 Å². The van der Waals surface area contributed by atoms with Crippen molar-refractivity contribution in [2.24, 2.45) is 0 Å². The summed E-state index contributed by atoms with van der Waals surface area (Å²) < 4.78 is 5.30. The molecule has 0 radical (unpaired) electrons. The Hall–Kier alpha value is -1.40. The average molecular weight is 221 g/mol. The molecule has 0 unspecified atom stereocenters. The summed E-state index contributed by atoms with van der Waals surface area (Å²) in [6.45, 7) is 4.72. The van der Waals surface area contributed by atoms with E-state index in [-0.39, 0.29) is 0 Å². The van der Waals surface area contributed by atoms with Crippen molar-refractivity contribution in [3.05, 3.63) is 11.3 Å². The summed E-state index contributed by atoms with van der Waals surface area (Å²) >= 11 is 0. The van der Waals surface area contributed by atoms with Crippen LogP contribution in [-0.4, -0.2) is 36.3 Å². The van der Waals surface area contributed by atoms with Gasteiger partial charge in [0.2, 0.25) is 5.95 Å². The van der Waals surface area contributed by atoms with Gasteiger partial charge in [-0.2, -0.15) is 4.98 Å². The fraction of sp³-hybridized carbons (Fsp3) is 0.600. The van der Waals surface area contributed by atoms with Gasteiger partial charge in [-0.25, -0.2) is 4.98 Å².